The topological polar surface area (TPSA) is 132 Å². The number of nitrogens with one attached hydrogen (secondary N) is 5. The molecule has 60 heavy (non-hydrogen) atoms. The Morgan fingerprint density at radius 1 is 0.683 bits per heavy atom. The molecule has 3 amide bonds. The minimum atomic E-state index is -1.10. The molecule has 5 aromatic rings. The molecular weight excluding hydrogens is 767 g/mol. The van der Waals surface area contributed by atoms with Gasteiger partial charge in [0.2, 0.25) is 17.7 Å². The Kier molecular flexibility index (Phi) is 17.9. The number of thiocarbonyl (C=S) groups is 1. The fraction of sp³-hybridized carbons (Fsp3) is 0.400. The molecule has 0 radical (unpaired) electrons. The summed E-state index contributed by atoms with van der Waals surface area (Å²) < 4.78 is 0. The van der Waals surface area contributed by atoms with Crippen molar-refractivity contribution in [3.8, 4) is 0 Å². The van der Waals surface area contributed by atoms with E-state index in [1.54, 1.807) is 0 Å². The van der Waals surface area contributed by atoms with Crippen molar-refractivity contribution in [3.63, 3.8) is 0 Å². The van der Waals surface area contributed by atoms with Crippen molar-refractivity contribution in [3.05, 3.63) is 126 Å². The first-order chi connectivity index (χ1) is 29.0. The van der Waals surface area contributed by atoms with E-state index in [2.05, 4.69) is 89.0 Å². The molecule has 5 rings (SSSR count). The fourth-order valence-electron chi connectivity index (χ4n) is 7.60. The van der Waals surface area contributed by atoms with Crippen LogP contribution in [0.4, 0.5) is 5.69 Å². The van der Waals surface area contributed by atoms with Gasteiger partial charge in [0.05, 0.1) is 18.6 Å². The standard InChI is InChI=1S/C50H63N5O4S/c1-5-35(4)33-52-47(57)32-46(56)45(29-34(2)3)55-49(59)44(27-13-14-28-51-50(60)53-41-23-7-6-8-24-41)54-48(58)40(30-38-21-15-19-36-17-9-11-25-42(36)38)31-39-22-16-20-37-18-10-12-26-43(37)39/h6-12,15-26,34-35,40,44-46,56H,5,13-14,27-33H2,1-4H3,(H,52,57)(H,54,58)(H,55,59)(H2,51,53,60)/t35?,44-,45-,46-/m0/s1. The average Bonchev–Trinajstić information content (AvgIpc) is 3.24. The second-order valence-corrected chi connectivity index (χ2v) is 16.9. The van der Waals surface area contributed by atoms with E-state index in [1.807, 2.05) is 80.6 Å². The first-order valence-corrected chi connectivity index (χ1v) is 22.0. The van der Waals surface area contributed by atoms with E-state index in [9.17, 15) is 19.5 Å². The van der Waals surface area contributed by atoms with E-state index in [0.29, 0.717) is 62.6 Å². The van der Waals surface area contributed by atoms with Gasteiger partial charge in [0.1, 0.15) is 6.04 Å². The number of para-hydroxylation sites is 1. The summed E-state index contributed by atoms with van der Waals surface area (Å²) in [6.45, 7) is 9.27. The van der Waals surface area contributed by atoms with Gasteiger partial charge in [-0.1, -0.05) is 137 Å². The summed E-state index contributed by atoms with van der Waals surface area (Å²) in [5.74, 6) is -0.896. The van der Waals surface area contributed by atoms with Crippen molar-refractivity contribution in [1.82, 2.24) is 21.3 Å². The predicted molar refractivity (Wildman–Crippen MR) is 250 cm³/mol. The summed E-state index contributed by atoms with van der Waals surface area (Å²) in [6, 6.07) is 36.9. The normalized spacial score (nSPS) is 13.4. The van der Waals surface area contributed by atoms with Crippen molar-refractivity contribution < 1.29 is 19.5 Å². The van der Waals surface area contributed by atoms with Gasteiger partial charge in [-0.2, -0.15) is 0 Å². The lowest BCUT2D eigenvalue weighted by Crippen LogP contribution is -2.54. The Labute approximate surface area is 361 Å². The van der Waals surface area contributed by atoms with Gasteiger partial charge in [-0.15, -0.1) is 0 Å². The second-order valence-electron chi connectivity index (χ2n) is 16.5. The lowest BCUT2D eigenvalue weighted by molar-refractivity contribution is -0.132. The highest BCUT2D eigenvalue weighted by Gasteiger charge is 2.31. The maximum atomic E-state index is 14.8. The molecule has 0 aromatic heterocycles. The van der Waals surface area contributed by atoms with Crippen LogP contribution in [0.5, 0.6) is 0 Å². The maximum Gasteiger partial charge on any atom is 0.242 e. The Balaban J connectivity index is 1.36. The zero-order chi connectivity index (χ0) is 42.9. The largest absolute Gasteiger partial charge is 0.390 e. The molecule has 1 unspecified atom stereocenters. The first-order valence-electron chi connectivity index (χ1n) is 21.6. The Hall–Kier alpha value is -5.32. The number of aliphatic hydroxyl groups excluding tert-OH is 1. The van der Waals surface area contributed by atoms with Crippen molar-refractivity contribution in [1.29, 1.82) is 0 Å². The number of aliphatic hydroxyl groups is 1. The minimum Gasteiger partial charge on any atom is -0.390 e. The highest BCUT2D eigenvalue weighted by atomic mass is 32.1. The molecular formula is C50H63N5O4S. The monoisotopic (exact) mass is 829 g/mol. The van der Waals surface area contributed by atoms with Gasteiger partial charge in [-0.3, -0.25) is 14.4 Å². The molecule has 0 spiro atoms. The summed E-state index contributed by atoms with van der Waals surface area (Å²) in [5.41, 5.74) is 3.02. The van der Waals surface area contributed by atoms with Gasteiger partial charge >= 0.3 is 0 Å². The molecule has 4 atom stereocenters. The van der Waals surface area contributed by atoms with Gasteiger partial charge in [-0.25, -0.2) is 0 Å². The smallest absolute Gasteiger partial charge is 0.242 e. The van der Waals surface area contributed by atoms with E-state index in [4.69, 9.17) is 12.2 Å². The number of amides is 3. The predicted octanol–water partition coefficient (Wildman–Crippen LogP) is 8.48. The molecule has 6 N–H and O–H groups in total. The van der Waals surface area contributed by atoms with Crippen LogP contribution in [-0.2, 0) is 27.2 Å². The minimum absolute atomic E-state index is 0.131. The van der Waals surface area contributed by atoms with E-state index in [-0.39, 0.29) is 30.1 Å². The number of carbonyl (C=O) groups excluding carboxylic acids is 3. The lowest BCUT2D eigenvalue weighted by Gasteiger charge is -2.29. The third-order valence-electron chi connectivity index (χ3n) is 11.2. The van der Waals surface area contributed by atoms with E-state index in [0.717, 1.165) is 44.8 Å². The molecule has 0 aliphatic carbocycles. The SMILES string of the molecule is CCC(C)CNC(=O)C[C@H](O)[C@H](CC(C)C)NC(=O)[C@H](CCCCNC(=S)Nc1ccccc1)NC(=O)C(Cc1cccc2ccccc12)Cc1cccc2ccccc12. The zero-order valence-corrected chi connectivity index (χ0v) is 36.4. The molecule has 0 aliphatic heterocycles. The average molecular weight is 830 g/mol. The number of carbonyl (C=O) groups is 3. The van der Waals surface area contributed by atoms with Crippen LogP contribution < -0.4 is 26.6 Å². The number of hydrogen-bond donors (Lipinski definition) is 6. The van der Waals surface area contributed by atoms with Gasteiger partial charge in [0.15, 0.2) is 5.11 Å². The highest BCUT2D eigenvalue weighted by Crippen LogP contribution is 2.27. The number of hydrogen-bond acceptors (Lipinski definition) is 5. The van der Waals surface area contributed by atoms with Crippen LogP contribution in [0.15, 0.2) is 115 Å². The third-order valence-corrected chi connectivity index (χ3v) is 11.4. The maximum absolute atomic E-state index is 14.8. The van der Waals surface area contributed by atoms with E-state index < -0.39 is 24.1 Å². The van der Waals surface area contributed by atoms with Crippen LogP contribution in [0.2, 0.25) is 0 Å². The van der Waals surface area contributed by atoms with Gasteiger partial charge in [0, 0.05) is 24.7 Å². The van der Waals surface area contributed by atoms with Gasteiger partial charge in [-0.05, 0) is 107 Å². The number of benzene rings is 5. The lowest BCUT2D eigenvalue weighted by atomic mass is 9.87. The van der Waals surface area contributed by atoms with Gasteiger partial charge < -0.3 is 31.7 Å². The molecule has 0 heterocycles. The van der Waals surface area contributed by atoms with Crippen LogP contribution in [0.1, 0.15) is 77.3 Å². The molecule has 9 nitrogen and oxygen atoms in total. The number of rotatable bonds is 22. The Bertz CT molecular complexity index is 2070. The number of unbranched alkanes of at least 4 members (excludes halogenated alkanes) is 1. The molecule has 5 aromatic carbocycles. The van der Waals surface area contributed by atoms with Crippen molar-refractivity contribution in [2.45, 2.75) is 97.2 Å². The summed E-state index contributed by atoms with van der Waals surface area (Å²) in [4.78, 5) is 42.0. The highest BCUT2D eigenvalue weighted by molar-refractivity contribution is 7.80. The van der Waals surface area contributed by atoms with Crippen molar-refractivity contribution >= 4 is 62.3 Å². The molecule has 0 bridgehead atoms. The summed E-state index contributed by atoms with van der Waals surface area (Å²) >= 11 is 5.51. The molecule has 0 aliphatic rings. The van der Waals surface area contributed by atoms with Crippen LogP contribution in [0, 0.1) is 17.8 Å². The summed E-state index contributed by atoms with van der Waals surface area (Å²) in [5, 5.41) is 31.9. The number of fused-ring (bicyclic) bond motifs is 2. The van der Waals surface area contributed by atoms with E-state index >= 15 is 0 Å². The molecule has 318 valence electrons. The first kappa shape index (κ1) is 45.8. The Morgan fingerprint density at radius 3 is 1.87 bits per heavy atom. The molecule has 10 heteroatoms. The van der Waals surface area contributed by atoms with Crippen LogP contribution in [0.25, 0.3) is 21.5 Å². The summed E-state index contributed by atoms with van der Waals surface area (Å²) in [7, 11) is 0. The summed E-state index contributed by atoms with van der Waals surface area (Å²) in [6.07, 6.45) is 2.79. The third kappa shape index (κ3) is 14.2. The Morgan fingerprint density at radius 2 is 1.27 bits per heavy atom. The van der Waals surface area contributed by atoms with E-state index in [1.165, 1.54) is 0 Å². The van der Waals surface area contributed by atoms with Crippen molar-refractivity contribution in [2.75, 3.05) is 18.4 Å². The fourth-order valence-corrected chi connectivity index (χ4v) is 7.82. The quantitative estimate of drug-likeness (QED) is 0.0305. The molecule has 0 saturated heterocycles. The number of anilines is 1. The second kappa shape index (κ2) is 23.5. The molecule has 0 saturated carbocycles. The molecule has 0 fully saturated rings. The van der Waals surface area contributed by atoms with Crippen molar-refractivity contribution in [2.24, 2.45) is 17.8 Å². The zero-order valence-electron chi connectivity index (χ0n) is 35.6. The van der Waals surface area contributed by atoms with Crippen LogP contribution in [-0.4, -0.2) is 59.2 Å². The van der Waals surface area contributed by atoms with Crippen LogP contribution >= 0.6 is 12.2 Å². The van der Waals surface area contributed by atoms with Gasteiger partial charge in [0.25, 0.3) is 0 Å². The van der Waals surface area contributed by atoms with Crippen LogP contribution in [0.3, 0.4) is 0 Å².